The predicted octanol–water partition coefficient (Wildman–Crippen LogP) is 2.69. The van der Waals surface area contributed by atoms with Crippen LogP contribution in [0.25, 0.3) is 0 Å². The molecule has 0 spiro atoms. The van der Waals surface area contributed by atoms with Gasteiger partial charge in [0.15, 0.2) is 5.96 Å². The maximum Gasteiger partial charge on any atom is 0.191 e. The van der Waals surface area contributed by atoms with Gasteiger partial charge in [0.05, 0.1) is 0 Å². The lowest BCUT2D eigenvalue weighted by atomic mass is 9.67. The van der Waals surface area contributed by atoms with E-state index in [-0.39, 0.29) is 0 Å². The highest BCUT2D eigenvalue weighted by Crippen LogP contribution is 2.44. The Bertz CT molecular complexity index is 526. The van der Waals surface area contributed by atoms with Crippen LogP contribution >= 0.6 is 0 Å². The Labute approximate surface area is 146 Å². The zero-order valence-corrected chi connectivity index (χ0v) is 15.4. The molecule has 5 heteroatoms. The summed E-state index contributed by atoms with van der Waals surface area (Å²) >= 11 is 0. The zero-order chi connectivity index (χ0) is 17.3. The van der Waals surface area contributed by atoms with Gasteiger partial charge < -0.3 is 15.4 Å². The van der Waals surface area contributed by atoms with E-state index in [1.165, 1.54) is 30.4 Å². The maximum atomic E-state index is 5.27. The summed E-state index contributed by atoms with van der Waals surface area (Å²) in [6.07, 6.45) is 9.74. The van der Waals surface area contributed by atoms with Gasteiger partial charge in [-0.05, 0) is 62.1 Å². The van der Waals surface area contributed by atoms with Gasteiger partial charge in [-0.25, -0.2) is 0 Å². The van der Waals surface area contributed by atoms with Crippen molar-refractivity contribution in [3.05, 3.63) is 29.6 Å². The van der Waals surface area contributed by atoms with Crippen molar-refractivity contribution < 1.29 is 4.74 Å². The lowest BCUT2D eigenvalue weighted by molar-refractivity contribution is 0.0778. The van der Waals surface area contributed by atoms with Crippen LogP contribution in [0.2, 0.25) is 0 Å². The Morgan fingerprint density at radius 3 is 2.83 bits per heavy atom. The molecule has 1 aromatic rings. The van der Waals surface area contributed by atoms with Gasteiger partial charge in [0.1, 0.15) is 0 Å². The molecule has 0 saturated heterocycles. The van der Waals surface area contributed by atoms with Crippen LogP contribution in [0.15, 0.2) is 23.5 Å². The van der Waals surface area contributed by atoms with Gasteiger partial charge in [-0.1, -0.05) is 6.42 Å². The minimum Gasteiger partial charge on any atom is -0.385 e. The minimum absolute atomic E-state index is 0.361. The molecule has 2 rings (SSSR count). The minimum atomic E-state index is 0.361. The molecule has 2 N–H and O–H groups in total. The van der Waals surface area contributed by atoms with E-state index in [2.05, 4.69) is 35.5 Å². The van der Waals surface area contributed by atoms with Crippen molar-refractivity contribution in [3.63, 3.8) is 0 Å². The number of hydrogen-bond acceptors (Lipinski definition) is 3. The SMILES string of the molecule is CCNC(=NCC1(CCOC)CCC1)NCCc1ccncc1C. The normalized spacial score (nSPS) is 16.5. The summed E-state index contributed by atoms with van der Waals surface area (Å²) < 4.78 is 5.27. The number of methoxy groups -OCH3 is 1. The molecule has 24 heavy (non-hydrogen) atoms. The highest BCUT2D eigenvalue weighted by atomic mass is 16.5. The Morgan fingerprint density at radius 1 is 1.38 bits per heavy atom. The van der Waals surface area contributed by atoms with Crippen molar-refractivity contribution in [1.82, 2.24) is 15.6 Å². The number of aromatic nitrogens is 1. The van der Waals surface area contributed by atoms with Crippen molar-refractivity contribution in [3.8, 4) is 0 Å². The van der Waals surface area contributed by atoms with E-state index in [0.717, 1.165) is 45.0 Å². The number of nitrogens with zero attached hydrogens (tertiary/aromatic N) is 2. The summed E-state index contributed by atoms with van der Waals surface area (Å²) in [5.74, 6) is 0.924. The van der Waals surface area contributed by atoms with Crippen LogP contribution in [0.5, 0.6) is 0 Å². The number of guanidine groups is 1. The lowest BCUT2D eigenvalue weighted by Gasteiger charge is -2.40. The molecule has 0 aliphatic heterocycles. The zero-order valence-electron chi connectivity index (χ0n) is 15.4. The number of rotatable bonds is 9. The van der Waals surface area contributed by atoms with E-state index in [1.54, 1.807) is 7.11 Å². The van der Waals surface area contributed by atoms with Gasteiger partial charge in [0.2, 0.25) is 0 Å². The number of aliphatic imine (C=N–C) groups is 1. The van der Waals surface area contributed by atoms with E-state index in [1.807, 2.05) is 12.4 Å². The van der Waals surface area contributed by atoms with Gasteiger partial charge in [-0.15, -0.1) is 0 Å². The molecule has 1 saturated carbocycles. The van der Waals surface area contributed by atoms with Crippen molar-refractivity contribution in [2.45, 2.75) is 46.0 Å². The van der Waals surface area contributed by atoms with Crippen molar-refractivity contribution >= 4 is 5.96 Å². The van der Waals surface area contributed by atoms with Crippen molar-refractivity contribution in [1.29, 1.82) is 0 Å². The summed E-state index contributed by atoms with van der Waals surface area (Å²) in [7, 11) is 1.78. The Balaban J connectivity index is 1.85. The predicted molar refractivity (Wildman–Crippen MR) is 99.4 cm³/mol. The van der Waals surface area contributed by atoms with Gasteiger partial charge in [0, 0.05) is 45.7 Å². The van der Waals surface area contributed by atoms with Crippen LogP contribution in [0.3, 0.4) is 0 Å². The van der Waals surface area contributed by atoms with Gasteiger partial charge in [-0.3, -0.25) is 9.98 Å². The molecule has 1 heterocycles. The monoisotopic (exact) mass is 332 g/mol. The first-order chi connectivity index (χ1) is 11.7. The second kappa shape index (κ2) is 9.62. The van der Waals surface area contributed by atoms with E-state index >= 15 is 0 Å². The van der Waals surface area contributed by atoms with Crippen LogP contribution in [-0.4, -0.2) is 44.3 Å². The van der Waals surface area contributed by atoms with Crippen LogP contribution in [-0.2, 0) is 11.2 Å². The first kappa shape index (κ1) is 18.7. The molecular weight excluding hydrogens is 300 g/mol. The smallest absolute Gasteiger partial charge is 0.191 e. The lowest BCUT2D eigenvalue weighted by Crippen LogP contribution is -2.41. The van der Waals surface area contributed by atoms with Crippen LogP contribution in [0, 0.1) is 12.3 Å². The molecule has 1 aliphatic rings. The standard InChI is InChI=1S/C19H32N4O/c1-4-21-18(22-12-7-17-6-11-20-14-16(17)2)23-15-19(8-5-9-19)10-13-24-3/h6,11,14H,4-5,7-10,12-13,15H2,1-3H3,(H2,21,22,23). The molecule has 0 unspecified atom stereocenters. The van der Waals surface area contributed by atoms with Gasteiger partial charge >= 0.3 is 0 Å². The molecule has 0 radical (unpaired) electrons. The van der Waals surface area contributed by atoms with Crippen LogP contribution in [0.4, 0.5) is 0 Å². The Kier molecular flexibility index (Phi) is 7.50. The second-order valence-electron chi connectivity index (χ2n) is 6.77. The summed E-state index contributed by atoms with van der Waals surface area (Å²) in [6.45, 7) is 7.69. The fourth-order valence-corrected chi connectivity index (χ4v) is 3.17. The molecule has 1 aliphatic carbocycles. The number of hydrogen-bond donors (Lipinski definition) is 2. The highest BCUT2D eigenvalue weighted by Gasteiger charge is 2.36. The quantitative estimate of drug-likeness (QED) is 0.539. The fourth-order valence-electron chi connectivity index (χ4n) is 3.17. The number of pyridine rings is 1. The van der Waals surface area contributed by atoms with E-state index in [9.17, 15) is 0 Å². The topological polar surface area (TPSA) is 58.5 Å². The molecule has 0 amide bonds. The number of nitrogens with one attached hydrogen (secondary N) is 2. The summed E-state index contributed by atoms with van der Waals surface area (Å²) in [5.41, 5.74) is 2.94. The first-order valence-corrected chi connectivity index (χ1v) is 9.10. The number of aryl methyl sites for hydroxylation is 1. The van der Waals surface area contributed by atoms with Crippen molar-refractivity contribution in [2.24, 2.45) is 10.4 Å². The molecule has 134 valence electrons. The molecule has 0 aromatic carbocycles. The maximum absolute atomic E-state index is 5.27. The van der Waals surface area contributed by atoms with Crippen LogP contribution in [0.1, 0.15) is 43.7 Å². The first-order valence-electron chi connectivity index (χ1n) is 9.10. The van der Waals surface area contributed by atoms with E-state index in [0.29, 0.717) is 5.41 Å². The third-order valence-corrected chi connectivity index (χ3v) is 4.99. The average Bonchev–Trinajstić information content (AvgIpc) is 2.55. The average molecular weight is 332 g/mol. The molecule has 0 bridgehead atoms. The largest absolute Gasteiger partial charge is 0.385 e. The molecule has 5 nitrogen and oxygen atoms in total. The van der Waals surface area contributed by atoms with E-state index in [4.69, 9.17) is 9.73 Å². The Morgan fingerprint density at radius 2 is 2.21 bits per heavy atom. The van der Waals surface area contributed by atoms with Gasteiger partial charge in [0.25, 0.3) is 0 Å². The summed E-state index contributed by atoms with van der Waals surface area (Å²) in [4.78, 5) is 8.99. The van der Waals surface area contributed by atoms with E-state index < -0.39 is 0 Å². The Hall–Kier alpha value is -1.62. The second-order valence-corrected chi connectivity index (χ2v) is 6.77. The molecule has 1 fully saturated rings. The fraction of sp³-hybridized carbons (Fsp3) is 0.684. The number of ether oxygens (including phenoxy) is 1. The summed E-state index contributed by atoms with van der Waals surface area (Å²) in [5, 5.41) is 6.82. The molecule has 0 atom stereocenters. The van der Waals surface area contributed by atoms with Crippen LogP contribution < -0.4 is 10.6 Å². The highest BCUT2D eigenvalue weighted by molar-refractivity contribution is 5.79. The summed E-state index contributed by atoms with van der Waals surface area (Å²) in [6, 6.07) is 2.09. The third-order valence-electron chi connectivity index (χ3n) is 4.99. The molecular formula is C19H32N4O. The molecule has 1 aromatic heterocycles. The van der Waals surface area contributed by atoms with Gasteiger partial charge in [-0.2, -0.15) is 0 Å². The van der Waals surface area contributed by atoms with Crippen molar-refractivity contribution in [2.75, 3.05) is 33.4 Å². The third kappa shape index (κ3) is 5.48.